The first kappa shape index (κ1) is 22.5. The van der Waals surface area contributed by atoms with Crippen LogP contribution < -0.4 is 5.32 Å². The van der Waals surface area contributed by atoms with Crippen LogP contribution in [0.3, 0.4) is 0 Å². The van der Waals surface area contributed by atoms with Gasteiger partial charge in [0.15, 0.2) is 0 Å². The van der Waals surface area contributed by atoms with Gasteiger partial charge in [-0.15, -0.1) is 0 Å². The summed E-state index contributed by atoms with van der Waals surface area (Å²) in [5, 5.41) is 3.01. The van der Waals surface area contributed by atoms with E-state index in [1.54, 1.807) is 15.9 Å². The molecule has 3 amide bonds. The third-order valence-corrected chi connectivity index (χ3v) is 7.00. The van der Waals surface area contributed by atoms with E-state index in [1.807, 2.05) is 25.1 Å². The highest BCUT2D eigenvalue weighted by Crippen LogP contribution is 2.39. The first-order chi connectivity index (χ1) is 16.4. The summed E-state index contributed by atoms with van der Waals surface area (Å²) >= 11 is 0. The molecule has 2 aromatic rings. The van der Waals surface area contributed by atoms with Gasteiger partial charge in [0.25, 0.3) is 11.8 Å². The van der Waals surface area contributed by atoms with Crippen LogP contribution in [-0.4, -0.2) is 65.0 Å². The van der Waals surface area contributed by atoms with Gasteiger partial charge >= 0.3 is 0 Å². The third kappa shape index (κ3) is 4.18. The third-order valence-electron chi connectivity index (χ3n) is 7.00. The molecule has 2 aliphatic heterocycles. The van der Waals surface area contributed by atoms with Crippen molar-refractivity contribution < 1.29 is 23.5 Å². The molecule has 1 aliphatic carbocycles. The summed E-state index contributed by atoms with van der Waals surface area (Å²) in [6.07, 6.45) is 2.70. The van der Waals surface area contributed by atoms with Gasteiger partial charge in [0, 0.05) is 43.1 Å². The first-order valence-corrected chi connectivity index (χ1v) is 11.8. The van der Waals surface area contributed by atoms with Gasteiger partial charge in [0.2, 0.25) is 5.91 Å². The maximum Gasteiger partial charge on any atom is 0.257 e. The summed E-state index contributed by atoms with van der Waals surface area (Å²) in [6, 6.07) is 12.3. The molecule has 3 aliphatic rings. The molecule has 0 bridgehead atoms. The molecule has 8 heteroatoms. The molecule has 34 heavy (non-hydrogen) atoms. The zero-order chi connectivity index (χ0) is 23.9. The summed E-state index contributed by atoms with van der Waals surface area (Å²) in [6.45, 7) is 2.73. The fourth-order valence-electron chi connectivity index (χ4n) is 4.87. The van der Waals surface area contributed by atoms with Crippen molar-refractivity contribution in [2.45, 2.75) is 50.4 Å². The average Bonchev–Trinajstić information content (AvgIpc) is 3.58. The van der Waals surface area contributed by atoms with Gasteiger partial charge in [-0.25, -0.2) is 4.39 Å². The molecule has 2 heterocycles. The van der Waals surface area contributed by atoms with E-state index in [9.17, 15) is 18.8 Å². The number of rotatable bonds is 4. The lowest BCUT2D eigenvalue weighted by molar-refractivity contribution is -0.128. The van der Waals surface area contributed by atoms with Crippen LogP contribution in [0.25, 0.3) is 0 Å². The number of benzene rings is 2. The van der Waals surface area contributed by atoms with Gasteiger partial charge in [-0.1, -0.05) is 18.2 Å². The van der Waals surface area contributed by atoms with E-state index in [1.165, 1.54) is 24.3 Å². The Hall–Kier alpha value is -3.26. The van der Waals surface area contributed by atoms with E-state index in [-0.39, 0.29) is 30.4 Å². The molecule has 1 saturated carbocycles. The Morgan fingerprint density at radius 3 is 2.32 bits per heavy atom. The second-order valence-corrected chi connectivity index (χ2v) is 9.35. The topological polar surface area (TPSA) is 79.0 Å². The van der Waals surface area contributed by atoms with E-state index in [4.69, 9.17) is 4.74 Å². The molecule has 7 nitrogen and oxygen atoms in total. The van der Waals surface area contributed by atoms with Crippen molar-refractivity contribution in [1.29, 1.82) is 0 Å². The molecule has 1 N–H and O–H groups in total. The molecule has 0 unspecified atom stereocenters. The molecule has 1 spiro atoms. The van der Waals surface area contributed by atoms with Gasteiger partial charge in [-0.2, -0.15) is 0 Å². The maximum absolute atomic E-state index is 13.8. The molecule has 0 aromatic heterocycles. The highest BCUT2D eigenvalue weighted by molar-refractivity contribution is 5.99. The van der Waals surface area contributed by atoms with E-state index < -0.39 is 17.6 Å². The van der Waals surface area contributed by atoms with Crippen LogP contribution in [0.4, 0.5) is 4.39 Å². The Labute approximate surface area is 197 Å². The number of carbonyl (C=O) groups is 3. The minimum atomic E-state index is -0.954. The van der Waals surface area contributed by atoms with Crippen LogP contribution in [0.2, 0.25) is 0 Å². The number of hydrogen-bond acceptors (Lipinski definition) is 4. The molecular weight excluding hydrogens is 437 g/mol. The highest BCUT2D eigenvalue weighted by Gasteiger charge is 2.54. The van der Waals surface area contributed by atoms with Crippen LogP contribution in [0, 0.1) is 12.7 Å². The minimum absolute atomic E-state index is 0.127. The first-order valence-electron chi connectivity index (χ1n) is 11.8. The fraction of sp³-hybridized carbons (Fsp3) is 0.423. The molecule has 3 fully saturated rings. The predicted octanol–water partition coefficient (Wildman–Crippen LogP) is 2.89. The zero-order valence-corrected chi connectivity index (χ0v) is 19.1. The van der Waals surface area contributed by atoms with Crippen LogP contribution in [0.15, 0.2) is 48.5 Å². The predicted molar refractivity (Wildman–Crippen MR) is 123 cm³/mol. The number of nitrogens with one attached hydrogen (secondary N) is 1. The van der Waals surface area contributed by atoms with E-state index in [2.05, 4.69) is 5.32 Å². The van der Waals surface area contributed by atoms with Crippen molar-refractivity contribution in [2.75, 3.05) is 19.7 Å². The van der Waals surface area contributed by atoms with Gasteiger partial charge in [0.1, 0.15) is 17.6 Å². The van der Waals surface area contributed by atoms with Crippen molar-refractivity contribution in [3.8, 4) is 0 Å². The van der Waals surface area contributed by atoms with Gasteiger partial charge < -0.3 is 15.0 Å². The van der Waals surface area contributed by atoms with E-state index in [0.29, 0.717) is 37.1 Å². The van der Waals surface area contributed by atoms with Crippen molar-refractivity contribution in [3.63, 3.8) is 0 Å². The zero-order valence-electron chi connectivity index (χ0n) is 19.1. The Bertz CT molecular complexity index is 1110. The quantitative estimate of drug-likeness (QED) is 0.753. The van der Waals surface area contributed by atoms with Crippen LogP contribution in [-0.2, 0) is 9.53 Å². The molecule has 5 rings (SSSR count). The Morgan fingerprint density at radius 2 is 1.68 bits per heavy atom. The normalized spacial score (nSPS) is 21.5. The number of carbonyl (C=O) groups excluding carboxylic acids is 3. The Morgan fingerprint density at radius 1 is 1.00 bits per heavy atom. The van der Waals surface area contributed by atoms with Crippen molar-refractivity contribution in [1.82, 2.24) is 15.1 Å². The van der Waals surface area contributed by atoms with Crippen LogP contribution in [0.5, 0.6) is 0 Å². The second kappa shape index (κ2) is 8.83. The van der Waals surface area contributed by atoms with E-state index >= 15 is 0 Å². The number of nitrogens with zero attached hydrogens (tertiary/aromatic N) is 2. The fourth-order valence-corrected chi connectivity index (χ4v) is 4.87. The molecule has 1 atom stereocenters. The van der Waals surface area contributed by atoms with Crippen LogP contribution >= 0.6 is 0 Å². The van der Waals surface area contributed by atoms with Crippen LogP contribution in [0.1, 0.15) is 52.0 Å². The van der Waals surface area contributed by atoms with Crippen molar-refractivity contribution in [3.05, 3.63) is 71.0 Å². The number of amides is 3. The monoisotopic (exact) mass is 465 g/mol. The molecule has 0 radical (unpaired) electrons. The SMILES string of the molecule is Cc1ccccc1C(=O)N1[C@H](C(=O)NC2CC2)COC12CCN(C(=O)c1ccc(F)cc1)CC2. The highest BCUT2D eigenvalue weighted by atomic mass is 19.1. The smallest absolute Gasteiger partial charge is 0.257 e. The average molecular weight is 466 g/mol. The summed E-state index contributed by atoms with van der Waals surface area (Å²) in [4.78, 5) is 43.1. The number of halogens is 1. The number of hydrogen-bond donors (Lipinski definition) is 1. The number of aryl methyl sites for hydroxylation is 1. The lowest BCUT2D eigenvalue weighted by Gasteiger charge is -2.44. The molecule has 2 aromatic carbocycles. The number of piperidine rings is 1. The lowest BCUT2D eigenvalue weighted by Crippen LogP contribution is -2.60. The van der Waals surface area contributed by atoms with Crippen molar-refractivity contribution in [2.24, 2.45) is 0 Å². The van der Waals surface area contributed by atoms with E-state index in [0.717, 1.165) is 18.4 Å². The minimum Gasteiger partial charge on any atom is -0.353 e. The van der Waals surface area contributed by atoms with Gasteiger partial charge in [-0.05, 0) is 55.7 Å². The maximum atomic E-state index is 13.8. The van der Waals surface area contributed by atoms with Crippen molar-refractivity contribution >= 4 is 17.7 Å². The Kier molecular flexibility index (Phi) is 5.85. The second-order valence-electron chi connectivity index (χ2n) is 9.35. The number of ether oxygens (including phenoxy) is 1. The largest absolute Gasteiger partial charge is 0.353 e. The summed E-state index contributed by atoms with van der Waals surface area (Å²) in [5.74, 6) is -1.00. The summed E-state index contributed by atoms with van der Waals surface area (Å²) < 4.78 is 19.5. The molecule has 178 valence electrons. The lowest BCUT2D eigenvalue weighted by atomic mass is 9.95. The molecular formula is C26H28FN3O4. The summed E-state index contributed by atoms with van der Waals surface area (Å²) in [7, 11) is 0. The number of likely N-dealkylation sites (tertiary alicyclic amines) is 1. The Balaban J connectivity index is 1.38. The van der Waals surface area contributed by atoms with Gasteiger partial charge in [-0.3, -0.25) is 19.3 Å². The standard InChI is InChI=1S/C26H28FN3O4/c1-17-4-2-3-5-21(17)25(33)30-22(23(31)28-20-10-11-20)16-34-26(30)12-14-29(15-13-26)24(32)18-6-8-19(27)9-7-18/h2-9,20,22H,10-16H2,1H3,(H,28,31)/t22-/m0/s1. The van der Waals surface area contributed by atoms with Gasteiger partial charge in [0.05, 0.1) is 6.61 Å². The molecule has 2 saturated heterocycles. The summed E-state index contributed by atoms with van der Waals surface area (Å²) in [5.41, 5.74) is 0.838.